The molecule has 3 aromatic heterocycles. The number of alkyl halides is 3. The van der Waals surface area contributed by atoms with Crippen molar-refractivity contribution in [2.24, 2.45) is 7.05 Å². The number of piperazine rings is 1. The Hall–Kier alpha value is -4.46. The van der Waals surface area contributed by atoms with Crippen LogP contribution in [0, 0.1) is 0 Å². The van der Waals surface area contributed by atoms with Crippen LogP contribution >= 0.6 is 11.6 Å². The van der Waals surface area contributed by atoms with Crippen LogP contribution in [0.15, 0.2) is 66.0 Å². The van der Waals surface area contributed by atoms with Crippen LogP contribution in [0.2, 0.25) is 5.02 Å². The molecular weight excluding hydrogens is 621 g/mol. The van der Waals surface area contributed by atoms with Crippen molar-refractivity contribution in [3.05, 3.63) is 82.1 Å². The largest absolute Gasteiger partial charge is 0.418 e. The number of anilines is 3. The number of benzene rings is 2. The summed E-state index contributed by atoms with van der Waals surface area (Å²) in [5.41, 5.74) is 2.28. The molecule has 2 N–H and O–H groups in total. The summed E-state index contributed by atoms with van der Waals surface area (Å²) in [6.45, 7) is 2.99. The lowest BCUT2D eigenvalue weighted by atomic mass is 10.0. The van der Waals surface area contributed by atoms with Crippen molar-refractivity contribution in [3.63, 3.8) is 0 Å². The average molecular weight is 651 g/mol. The van der Waals surface area contributed by atoms with Gasteiger partial charge in [-0.25, -0.2) is 9.97 Å². The molecule has 2 aliphatic rings. The van der Waals surface area contributed by atoms with Crippen LogP contribution in [-0.4, -0.2) is 63.5 Å². The van der Waals surface area contributed by atoms with E-state index in [4.69, 9.17) is 16.3 Å². The van der Waals surface area contributed by atoms with Gasteiger partial charge >= 0.3 is 6.18 Å². The van der Waals surface area contributed by atoms with Gasteiger partial charge in [-0.05, 0) is 36.8 Å². The van der Waals surface area contributed by atoms with Gasteiger partial charge in [0.15, 0.2) is 0 Å². The Kier molecular flexibility index (Phi) is 7.91. The minimum atomic E-state index is -4.56. The van der Waals surface area contributed by atoms with Crippen molar-refractivity contribution in [1.82, 2.24) is 29.4 Å². The predicted molar refractivity (Wildman–Crippen MR) is 171 cm³/mol. The Labute approximate surface area is 266 Å². The molecule has 0 amide bonds. The van der Waals surface area contributed by atoms with Crippen LogP contribution in [0.3, 0.4) is 0 Å². The van der Waals surface area contributed by atoms with E-state index in [0.29, 0.717) is 73.0 Å². The first-order valence-corrected chi connectivity index (χ1v) is 15.3. The molecule has 0 bridgehead atoms. The minimum absolute atomic E-state index is 0.0638. The number of nitrogens with one attached hydrogen (secondary N) is 2. The number of imidazole rings is 1. The highest BCUT2D eigenvalue weighted by atomic mass is 35.5. The van der Waals surface area contributed by atoms with Gasteiger partial charge in [-0.1, -0.05) is 23.7 Å². The number of halogens is 4. The molecule has 5 heterocycles. The van der Waals surface area contributed by atoms with Gasteiger partial charge in [0.05, 0.1) is 36.4 Å². The van der Waals surface area contributed by atoms with Crippen LogP contribution in [0.25, 0.3) is 33.4 Å². The highest BCUT2D eigenvalue weighted by Gasteiger charge is 2.35. The van der Waals surface area contributed by atoms with E-state index in [9.17, 15) is 18.0 Å². The number of hydrogen-bond acceptors (Lipinski definition) is 8. The van der Waals surface area contributed by atoms with Crippen LogP contribution in [-0.2, 0) is 18.0 Å². The number of rotatable bonds is 6. The lowest BCUT2D eigenvalue weighted by molar-refractivity contribution is -0.137. The zero-order chi connectivity index (χ0) is 32.0. The molecule has 5 aromatic rings. The van der Waals surface area contributed by atoms with Gasteiger partial charge in [-0.2, -0.15) is 18.2 Å². The summed E-state index contributed by atoms with van der Waals surface area (Å²) in [5, 5.41) is 7.06. The molecule has 46 heavy (non-hydrogen) atoms. The number of fused-ring (bicyclic) bond motifs is 1. The summed E-state index contributed by atoms with van der Waals surface area (Å²) in [5.74, 6) is 0.0638. The molecule has 0 saturated carbocycles. The van der Waals surface area contributed by atoms with Crippen molar-refractivity contribution < 1.29 is 17.9 Å². The monoisotopic (exact) mass is 650 g/mol. The third-order valence-corrected chi connectivity index (χ3v) is 8.74. The summed E-state index contributed by atoms with van der Waals surface area (Å²) in [7, 11) is 1.89. The van der Waals surface area contributed by atoms with Crippen LogP contribution in [0.5, 0.6) is 0 Å². The fourth-order valence-electron chi connectivity index (χ4n) is 6.12. The van der Waals surface area contributed by atoms with Gasteiger partial charge in [0.2, 0.25) is 5.95 Å². The van der Waals surface area contributed by atoms with E-state index in [-0.39, 0.29) is 28.9 Å². The molecule has 2 aliphatic heterocycles. The Bertz CT molecular complexity index is 1980. The van der Waals surface area contributed by atoms with Crippen LogP contribution in [0.1, 0.15) is 18.0 Å². The van der Waals surface area contributed by atoms with E-state index < -0.39 is 11.7 Å². The Morgan fingerprint density at radius 3 is 2.59 bits per heavy atom. The number of pyridine rings is 1. The normalized spacial score (nSPS) is 17.2. The molecule has 0 aliphatic carbocycles. The molecule has 0 spiro atoms. The molecule has 14 heteroatoms. The first kappa shape index (κ1) is 30.2. The SMILES string of the molecule is Cn1cncc1-c1ccc(-c2cc3cnc(Nc4ccc(N5CCNCC5)c(C(F)(F)F)c4)nc3n(C3CCOC3)c2=O)c(Cl)c1. The van der Waals surface area contributed by atoms with Crippen molar-refractivity contribution in [3.8, 4) is 22.4 Å². The second-order valence-electron chi connectivity index (χ2n) is 11.4. The third-order valence-electron chi connectivity index (χ3n) is 8.43. The van der Waals surface area contributed by atoms with Gasteiger partial charge in [-0.15, -0.1) is 0 Å². The summed E-state index contributed by atoms with van der Waals surface area (Å²) < 4.78 is 51.5. The molecule has 238 valence electrons. The van der Waals surface area contributed by atoms with Crippen LogP contribution in [0.4, 0.5) is 30.5 Å². The van der Waals surface area contributed by atoms with Crippen molar-refractivity contribution >= 4 is 40.0 Å². The standard InChI is InChI=1S/C32H30ClF3N8O2/c1-42-18-38-16-28(42)19-2-4-23(26(33)13-19)24-12-20-15-39-31(41-29(20)44(30(24)45)22-6-11-46-17-22)40-21-3-5-27(25(14-21)32(34,35)36)43-9-7-37-8-10-43/h2-5,12-16,18,22,37H,6-11,17H2,1H3,(H,39,40,41). The smallest absolute Gasteiger partial charge is 0.379 e. The fraction of sp³-hybridized carbons (Fsp3) is 0.312. The van der Waals surface area contributed by atoms with Crippen molar-refractivity contribution in [2.75, 3.05) is 49.6 Å². The molecule has 1 atom stereocenters. The van der Waals surface area contributed by atoms with Gasteiger partial charge in [0.25, 0.3) is 5.56 Å². The number of hydrogen-bond donors (Lipinski definition) is 2. The zero-order valence-corrected chi connectivity index (χ0v) is 25.6. The number of aryl methyl sites for hydroxylation is 1. The number of aromatic nitrogens is 5. The van der Waals surface area contributed by atoms with E-state index in [0.717, 1.165) is 17.3 Å². The molecule has 0 radical (unpaired) electrons. The van der Waals surface area contributed by atoms with E-state index in [1.807, 2.05) is 23.7 Å². The summed E-state index contributed by atoms with van der Waals surface area (Å²) >= 11 is 6.76. The highest BCUT2D eigenvalue weighted by Crippen LogP contribution is 2.39. The Balaban J connectivity index is 1.28. The van der Waals surface area contributed by atoms with Crippen LogP contribution < -0.4 is 21.1 Å². The predicted octanol–water partition coefficient (Wildman–Crippen LogP) is 5.65. The molecule has 2 aromatic carbocycles. The molecule has 10 nitrogen and oxygen atoms in total. The lowest BCUT2D eigenvalue weighted by Gasteiger charge is -2.31. The first-order valence-electron chi connectivity index (χ1n) is 14.9. The second-order valence-corrected chi connectivity index (χ2v) is 11.8. The van der Waals surface area contributed by atoms with Gasteiger partial charge in [0.1, 0.15) is 5.65 Å². The quantitative estimate of drug-likeness (QED) is 0.243. The average Bonchev–Trinajstić information content (AvgIpc) is 3.73. The molecule has 2 saturated heterocycles. The second kappa shape index (κ2) is 12.0. The molecule has 7 rings (SSSR count). The zero-order valence-electron chi connectivity index (χ0n) is 24.8. The maximum absolute atomic E-state index is 14.2. The maximum Gasteiger partial charge on any atom is 0.418 e. The summed E-state index contributed by atoms with van der Waals surface area (Å²) in [6.07, 6.45) is 1.03. The Morgan fingerprint density at radius 2 is 1.89 bits per heavy atom. The van der Waals surface area contributed by atoms with Crippen molar-refractivity contribution in [2.45, 2.75) is 18.6 Å². The molecular formula is C32H30ClF3N8O2. The Morgan fingerprint density at radius 1 is 1.07 bits per heavy atom. The van der Waals surface area contributed by atoms with Crippen molar-refractivity contribution in [1.29, 1.82) is 0 Å². The van der Waals surface area contributed by atoms with Gasteiger partial charge < -0.3 is 24.8 Å². The molecule has 1 unspecified atom stereocenters. The van der Waals surface area contributed by atoms with E-state index in [1.54, 1.807) is 46.4 Å². The van der Waals surface area contributed by atoms with Gasteiger partial charge in [-0.3, -0.25) is 9.36 Å². The van der Waals surface area contributed by atoms with E-state index >= 15 is 0 Å². The third kappa shape index (κ3) is 5.70. The fourth-order valence-corrected chi connectivity index (χ4v) is 6.40. The summed E-state index contributed by atoms with van der Waals surface area (Å²) in [6, 6.07) is 11.0. The summed E-state index contributed by atoms with van der Waals surface area (Å²) in [4.78, 5) is 29.1. The lowest BCUT2D eigenvalue weighted by Crippen LogP contribution is -2.44. The minimum Gasteiger partial charge on any atom is -0.379 e. The number of nitrogens with zero attached hydrogens (tertiary/aromatic N) is 6. The van der Waals surface area contributed by atoms with E-state index in [2.05, 4.69) is 25.6 Å². The number of ether oxygens (including phenoxy) is 1. The highest BCUT2D eigenvalue weighted by molar-refractivity contribution is 6.33. The maximum atomic E-state index is 14.2. The first-order chi connectivity index (χ1) is 22.2. The van der Waals surface area contributed by atoms with Gasteiger partial charge in [0, 0.05) is 84.5 Å². The van der Waals surface area contributed by atoms with E-state index in [1.165, 1.54) is 6.07 Å². The topological polar surface area (TPSA) is 102 Å². The molecule has 2 fully saturated rings.